The summed E-state index contributed by atoms with van der Waals surface area (Å²) in [7, 11) is 1.32. The molecule has 178 valence electrons. The van der Waals surface area contributed by atoms with Crippen molar-refractivity contribution < 1.29 is 33.3 Å². The molecule has 0 saturated carbocycles. The van der Waals surface area contributed by atoms with E-state index in [0.29, 0.717) is 40.4 Å². The molecule has 3 aromatic carbocycles. The number of carbonyl (C=O) groups is 3. The number of hydrogen-bond acceptors (Lipinski definition) is 7. The van der Waals surface area contributed by atoms with Gasteiger partial charge < -0.3 is 18.9 Å². The van der Waals surface area contributed by atoms with Crippen molar-refractivity contribution in [2.75, 3.05) is 13.7 Å². The van der Waals surface area contributed by atoms with Crippen molar-refractivity contribution in [3.63, 3.8) is 0 Å². The number of benzene rings is 3. The van der Waals surface area contributed by atoms with Crippen molar-refractivity contribution in [2.45, 2.75) is 12.3 Å². The van der Waals surface area contributed by atoms with Crippen LogP contribution in [0.15, 0.2) is 72.0 Å². The van der Waals surface area contributed by atoms with Gasteiger partial charge in [-0.25, -0.2) is 4.79 Å². The summed E-state index contributed by atoms with van der Waals surface area (Å²) in [5.41, 5.74) is 4.01. The molecule has 3 heterocycles. The Bertz CT molecular complexity index is 1490. The van der Waals surface area contributed by atoms with Gasteiger partial charge in [0.2, 0.25) is 5.78 Å². The van der Waals surface area contributed by atoms with E-state index in [2.05, 4.69) is 0 Å². The summed E-state index contributed by atoms with van der Waals surface area (Å²) in [6.07, 6.45) is 3.77. The maximum atomic E-state index is 13.2. The maximum absolute atomic E-state index is 13.2. The van der Waals surface area contributed by atoms with Crippen molar-refractivity contribution in [1.82, 2.24) is 0 Å². The van der Waals surface area contributed by atoms with E-state index < -0.39 is 5.97 Å². The van der Waals surface area contributed by atoms with Crippen LogP contribution >= 0.6 is 0 Å². The largest absolute Gasteiger partial charge is 0.489 e. The Balaban J connectivity index is 1.38. The minimum absolute atomic E-state index is 0.117. The molecule has 0 bridgehead atoms. The summed E-state index contributed by atoms with van der Waals surface area (Å²) in [5, 5.41) is 0. The van der Waals surface area contributed by atoms with Gasteiger partial charge in [0.25, 0.3) is 0 Å². The fourth-order valence-electron chi connectivity index (χ4n) is 4.74. The van der Waals surface area contributed by atoms with E-state index in [0.717, 1.165) is 16.9 Å². The highest BCUT2D eigenvalue weighted by molar-refractivity contribution is 6.15. The Kier molecular flexibility index (Phi) is 5.18. The molecular weight excluding hydrogens is 460 g/mol. The van der Waals surface area contributed by atoms with Crippen LogP contribution < -0.4 is 14.2 Å². The topological polar surface area (TPSA) is 88.1 Å². The second-order valence-corrected chi connectivity index (χ2v) is 8.68. The Morgan fingerprint density at radius 1 is 0.972 bits per heavy atom. The fraction of sp³-hybridized carbons (Fsp3) is 0.138. The van der Waals surface area contributed by atoms with Gasteiger partial charge in [0, 0.05) is 17.0 Å². The van der Waals surface area contributed by atoms with E-state index in [9.17, 15) is 14.4 Å². The molecule has 0 amide bonds. The van der Waals surface area contributed by atoms with Crippen LogP contribution in [0.1, 0.15) is 49.7 Å². The van der Waals surface area contributed by atoms with Gasteiger partial charge in [-0.05, 0) is 53.6 Å². The predicted molar refractivity (Wildman–Crippen MR) is 130 cm³/mol. The Hall–Kier alpha value is -4.65. The minimum atomic E-state index is -0.439. The molecule has 36 heavy (non-hydrogen) atoms. The number of ether oxygens (including phenoxy) is 4. The minimum Gasteiger partial charge on any atom is -0.489 e. The first-order valence-corrected chi connectivity index (χ1v) is 11.4. The molecule has 3 aromatic rings. The molecule has 3 aliphatic rings. The van der Waals surface area contributed by atoms with Gasteiger partial charge in [-0.1, -0.05) is 30.3 Å². The molecule has 7 heteroatoms. The van der Waals surface area contributed by atoms with Gasteiger partial charge in [0.15, 0.2) is 5.76 Å². The van der Waals surface area contributed by atoms with E-state index in [1.54, 1.807) is 42.5 Å². The van der Waals surface area contributed by atoms with Crippen LogP contribution in [-0.2, 0) is 9.53 Å². The van der Waals surface area contributed by atoms with Crippen LogP contribution in [0, 0.1) is 0 Å². The van der Waals surface area contributed by atoms with E-state index in [-0.39, 0.29) is 29.9 Å². The van der Waals surface area contributed by atoms with Gasteiger partial charge >= 0.3 is 11.9 Å². The van der Waals surface area contributed by atoms with E-state index in [1.165, 1.54) is 7.11 Å². The summed E-state index contributed by atoms with van der Waals surface area (Å²) < 4.78 is 22.3. The molecule has 1 atom stereocenters. The van der Waals surface area contributed by atoms with Crippen molar-refractivity contribution in [1.29, 1.82) is 0 Å². The third-order valence-electron chi connectivity index (χ3n) is 6.51. The van der Waals surface area contributed by atoms with Crippen LogP contribution in [0.4, 0.5) is 0 Å². The first-order valence-electron chi connectivity index (χ1n) is 11.4. The van der Waals surface area contributed by atoms with Crippen molar-refractivity contribution in [2.24, 2.45) is 0 Å². The predicted octanol–water partition coefficient (Wildman–Crippen LogP) is 4.96. The second kappa shape index (κ2) is 8.53. The Morgan fingerprint density at radius 3 is 2.58 bits per heavy atom. The standard InChI is InChI=1S/C29H20O7/c1-33-29(32)17-8-6-16(7-9-17)12-24-27(31)20-10-11-23-26(28(20)36-24)21(14-25(30)35-23)19-13-18-4-2-3-5-22(18)34-15-19/h2-13,21H,14-15H2,1H3. The van der Waals surface area contributed by atoms with Gasteiger partial charge in [-0.2, -0.15) is 0 Å². The number of para-hydroxylation sites is 1. The number of carbonyl (C=O) groups excluding carboxylic acids is 3. The third-order valence-corrected chi connectivity index (χ3v) is 6.51. The molecular formula is C29H20O7. The molecule has 0 spiro atoms. The van der Waals surface area contributed by atoms with Crippen LogP contribution in [-0.4, -0.2) is 31.4 Å². The number of Topliss-reactive ketones (excluding diaryl/α,β-unsaturated/α-hetero) is 1. The maximum Gasteiger partial charge on any atom is 0.337 e. The van der Waals surface area contributed by atoms with Crippen LogP contribution in [0.5, 0.6) is 17.2 Å². The van der Waals surface area contributed by atoms with Crippen molar-refractivity contribution >= 4 is 29.9 Å². The zero-order chi connectivity index (χ0) is 24.8. The van der Waals surface area contributed by atoms with E-state index >= 15 is 0 Å². The second-order valence-electron chi connectivity index (χ2n) is 8.68. The molecule has 3 aliphatic heterocycles. The molecule has 0 aliphatic carbocycles. The molecule has 0 radical (unpaired) electrons. The van der Waals surface area contributed by atoms with Gasteiger partial charge in [-0.15, -0.1) is 0 Å². The van der Waals surface area contributed by atoms with E-state index in [4.69, 9.17) is 18.9 Å². The fourth-order valence-corrected chi connectivity index (χ4v) is 4.74. The van der Waals surface area contributed by atoms with Crippen LogP contribution in [0.3, 0.4) is 0 Å². The molecule has 0 N–H and O–H groups in total. The summed E-state index contributed by atoms with van der Waals surface area (Å²) in [5.74, 6) is 0.310. The molecule has 0 aromatic heterocycles. The number of ketones is 1. The van der Waals surface area contributed by atoms with Gasteiger partial charge in [0.05, 0.1) is 24.7 Å². The number of methoxy groups -OCH3 is 1. The highest BCUT2D eigenvalue weighted by Gasteiger charge is 2.39. The Morgan fingerprint density at radius 2 is 1.78 bits per heavy atom. The summed E-state index contributed by atoms with van der Waals surface area (Å²) >= 11 is 0. The average Bonchev–Trinajstić information content (AvgIpc) is 3.22. The lowest BCUT2D eigenvalue weighted by Crippen LogP contribution is -2.24. The lowest BCUT2D eigenvalue weighted by atomic mass is 9.83. The van der Waals surface area contributed by atoms with Crippen molar-refractivity contribution in [3.8, 4) is 17.2 Å². The quantitative estimate of drug-likeness (QED) is 0.298. The molecule has 0 saturated heterocycles. The third kappa shape index (κ3) is 3.65. The average molecular weight is 480 g/mol. The van der Waals surface area contributed by atoms with Crippen LogP contribution in [0.25, 0.3) is 12.2 Å². The van der Waals surface area contributed by atoms with E-state index in [1.807, 2.05) is 30.3 Å². The molecule has 7 nitrogen and oxygen atoms in total. The zero-order valence-electron chi connectivity index (χ0n) is 19.3. The molecule has 0 fully saturated rings. The summed E-state index contributed by atoms with van der Waals surface area (Å²) in [6.45, 7) is 0.321. The number of allylic oxidation sites excluding steroid dienone is 1. The highest BCUT2D eigenvalue weighted by atomic mass is 16.5. The first-order chi connectivity index (χ1) is 17.5. The monoisotopic (exact) mass is 480 g/mol. The lowest BCUT2D eigenvalue weighted by Gasteiger charge is -2.29. The number of hydrogen-bond donors (Lipinski definition) is 0. The zero-order valence-corrected chi connectivity index (χ0v) is 19.3. The number of fused-ring (bicyclic) bond motifs is 4. The normalized spacial score (nSPS) is 18.8. The molecule has 6 rings (SSSR count). The van der Waals surface area contributed by atoms with Crippen LogP contribution in [0.2, 0.25) is 0 Å². The molecule has 1 unspecified atom stereocenters. The SMILES string of the molecule is COC(=O)c1ccc(C=C2Oc3c(ccc4c3C(C3=Cc5ccccc5OC3)CC(=O)O4)C2=O)cc1. The van der Waals surface area contributed by atoms with Gasteiger partial charge in [-0.3, -0.25) is 9.59 Å². The van der Waals surface area contributed by atoms with Crippen molar-refractivity contribution in [3.05, 3.63) is 99.8 Å². The lowest BCUT2D eigenvalue weighted by molar-refractivity contribution is -0.135. The summed E-state index contributed by atoms with van der Waals surface area (Å²) in [6, 6.07) is 17.6. The van der Waals surface area contributed by atoms with Gasteiger partial charge in [0.1, 0.15) is 23.9 Å². The Labute approximate surface area is 206 Å². The smallest absolute Gasteiger partial charge is 0.337 e. The number of rotatable bonds is 3. The highest BCUT2D eigenvalue weighted by Crippen LogP contribution is 2.50. The first kappa shape index (κ1) is 21.9. The summed E-state index contributed by atoms with van der Waals surface area (Å²) in [4.78, 5) is 37.3. The number of esters is 2.